The maximum absolute atomic E-state index is 5.79. The third-order valence-corrected chi connectivity index (χ3v) is 2.61. The summed E-state index contributed by atoms with van der Waals surface area (Å²) in [5, 5.41) is 3.44. The first-order chi connectivity index (χ1) is 7.34. The number of nitrogen functional groups attached to an aromatic ring is 1. The second-order valence-corrected chi connectivity index (χ2v) is 3.62. The number of nitrogens with two attached hydrogens (primary N) is 1. The monoisotopic (exact) mass is 194 g/mol. The van der Waals surface area contributed by atoms with Crippen LogP contribution in [0.2, 0.25) is 0 Å². The molecule has 3 aromatic rings. The Morgan fingerprint density at radius 2 is 1.73 bits per heavy atom. The van der Waals surface area contributed by atoms with Crippen molar-refractivity contribution in [3.63, 3.8) is 0 Å². The van der Waals surface area contributed by atoms with E-state index < -0.39 is 0 Å². The van der Waals surface area contributed by atoms with E-state index in [0.29, 0.717) is 0 Å². The molecule has 0 atom stereocenters. The number of pyridine rings is 1. The number of anilines is 1. The molecule has 2 aromatic carbocycles. The molecular weight excluding hydrogens is 184 g/mol. The quantitative estimate of drug-likeness (QED) is 0.441. The summed E-state index contributed by atoms with van der Waals surface area (Å²) < 4.78 is 0. The predicted octanol–water partition coefficient (Wildman–Crippen LogP) is 2.97. The van der Waals surface area contributed by atoms with Gasteiger partial charge in [-0.3, -0.25) is 4.98 Å². The van der Waals surface area contributed by atoms with Crippen LogP contribution in [-0.4, -0.2) is 4.98 Å². The van der Waals surface area contributed by atoms with Crippen molar-refractivity contribution in [1.29, 1.82) is 0 Å². The molecule has 2 N–H and O–H groups in total. The Hall–Kier alpha value is -2.09. The molecular formula is C13H10N2. The molecule has 0 aliphatic rings. The minimum absolute atomic E-state index is 0.778. The van der Waals surface area contributed by atoms with Crippen molar-refractivity contribution in [3.8, 4) is 0 Å². The third-order valence-electron chi connectivity index (χ3n) is 2.61. The molecule has 0 aliphatic heterocycles. The lowest BCUT2D eigenvalue weighted by molar-refractivity contribution is 1.43. The lowest BCUT2D eigenvalue weighted by atomic mass is 10.1. The summed E-state index contributed by atoms with van der Waals surface area (Å²) >= 11 is 0. The Bertz CT molecular complexity index is 644. The summed E-state index contributed by atoms with van der Waals surface area (Å²) in [6, 6.07) is 14.1. The average molecular weight is 194 g/mol. The normalized spacial score (nSPS) is 10.9. The van der Waals surface area contributed by atoms with Crippen LogP contribution in [0, 0.1) is 0 Å². The van der Waals surface area contributed by atoms with Gasteiger partial charge in [-0.2, -0.15) is 0 Å². The van der Waals surface area contributed by atoms with Gasteiger partial charge in [0, 0.05) is 22.7 Å². The van der Waals surface area contributed by atoms with Crippen molar-refractivity contribution in [2.45, 2.75) is 0 Å². The molecule has 1 aromatic heterocycles. The highest BCUT2D eigenvalue weighted by Gasteiger charge is 2.00. The lowest BCUT2D eigenvalue weighted by Gasteiger charge is -2.03. The lowest BCUT2D eigenvalue weighted by Crippen LogP contribution is -1.86. The minimum Gasteiger partial charge on any atom is -0.399 e. The molecule has 0 aliphatic carbocycles. The van der Waals surface area contributed by atoms with E-state index in [2.05, 4.69) is 23.2 Å². The zero-order chi connectivity index (χ0) is 10.3. The number of aromatic nitrogens is 1. The molecule has 15 heavy (non-hydrogen) atoms. The van der Waals surface area contributed by atoms with Crippen molar-refractivity contribution < 1.29 is 0 Å². The fourth-order valence-corrected chi connectivity index (χ4v) is 1.88. The average Bonchev–Trinajstić information content (AvgIpc) is 2.29. The maximum Gasteiger partial charge on any atom is 0.0781 e. The van der Waals surface area contributed by atoms with Crippen LogP contribution in [0.4, 0.5) is 5.69 Å². The van der Waals surface area contributed by atoms with Crippen LogP contribution in [-0.2, 0) is 0 Å². The summed E-state index contributed by atoms with van der Waals surface area (Å²) in [6.07, 6.45) is 1.81. The van der Waals surface area contributed by atoms with E-state index in [9.17, 15) is 0 Å². The van der Waals surface area contributed by atoms with Crippen LogP contribution in [0.1, 0.15) is 0 Å². The van der Waals surface area contributed by atoms with Gasteiger partial charge in [0.05, 0.1) is 5.52 Å². The Labute approximate surface area is 87.4 Å². The molecule has 0 amide bonds. The summed E-state index contributed by atoms with van der Waals surface area (Å²) in [5.74, 6) is 0. The van der Waals surface area contributed by atoms with Gasteiger partial charge in [0.25, 0.3) is 0 Å². The summed E-state index contributed by atoms with van der Waals surface area (Å²) in [4.78, 5) is 4.39. The Morgan fingerprint density at radius 1 is 0.933 bits per heavy atom. The van der Waals surface area contributed by atoms with Gasteiger partial charge in [-0.05, 0) is 23.6 Å². The van der Waals surface area contributed by atoms with Gasteiger partial charge in [0.2, 0.25) is 0 Å². The number of hydrogen-bond donors (Lipinski definition) is 1. The zero-order valence-corrected chi connectivity index (χ0v) is 8.14. The Balaban J connectivity index is 2.57. The smallest absolute Gasteiger partial charge is 0.0781 e. The first-order valence-corrected chi connectivity index (χ1v) is 4.87. The van der Waals surface area contributed by atoms with Gasteiger partial charge >= 0.3 is 0 Å². The molecule has 0 saturated heterocycles. The van der Waals surface area contributed by atoms with Crippen molar-refractivity contribution >= 4 is 27.4 Å². The number of hydrogen-bond acceptors (Lipinski definition) is 2. The van der Waals surface area contributed by atoms with Crippen LogP contribution in [0.5, 0.6) is 0 Å². The van der Waals surface area contributed by atoms with E-state index in [1.165, 1.54) is 5.39 Å². The number of rotatable bonds is 0. The molecule has 0 spiro atoms. The topological polar surface area (TPSA) is 38.9 Å². The van der Waals surface area contributed by atoms with E-state index in [1.807, 2.05) is 30.5 Å². The SMILES string of the molecule is Nc1ccc2ccc3cccnc3c2c1. The molecule has 2 heteroatoms. The second kappa shape index (κ2) is 2.95. The van der Waals surface area contributed by atoms with Crippen molar-refractivity contribution in [2.75, 3.05) is 5.73 Å². The number of benzene rings is 2. The van der Waals surface area contributed by atoms with E-state index >= 15 is 0 Å². The van der Waals surface area contributed by atoms with Crippen molar-refractivity contribution in [1.82, 2.24) is 4.98 Å². The summed E-state index contributed by atoms with van der Waals surface area (Å²) in [6.45, 7) is 0. The molecule has 1 heterocycles. The molecule has 0 bridgehead atoms. The molecule has 0 fully saturated rings. The van der Waals surface area contributed by atoms with Gasteiger partial charge in [-0.25, -0.2) is 0 Å². The zero-order valence-electron chi connectivity index (χ0n) is 8.14. The van der Waals surface area contributed by atoms with E-state index in [0.717, 1.165) is 22.0 Å². The Kier molecular flexibility index (Phi) is 1.62. The van der Waals surface area contributed by atoms with Crippen LogP contribution < -0.4 is 5.73 Å². The third kappa shape index (κ3) is 1.22. The van der Waals surface area contributed by atoms with E-state index in [-0.39, 0.29) is 0 Å². The largest absolute Gasteiger partial charge is 0.399 e. The number of nitrogens with zero attached hydrogens (tertiary/aromatic N) is 1. The highest BCUT2D eigenvalue weighted by molar-refractivity contribution is 6.05. The van der Waals surface area contributed by atoms with Gasteiger partial charge < -0.3 is 5.73 Å². The van der Waals surface area contributed by atoms with Gasteiger partial charge in [0.15, 0.2) is 0 Å². The van der Waals surface area contributed by atoms with Crippen LogP contribution >= 0.6 is 0 Å². The van der Waals surface area contributed by atoms with E-state index in [1.54, 1.807) is 0 Å². The molecule has 0 radical (unpaired) electrons. The minimum atomic E-state index is 0.778. The molecule has 3 rings (SSSR count). The summed E-state index contributed by atoms with van der Waals surface area (Å²) in [7, 11) is 0. The van der Waals surface area contributed by atoms with Crippen LogP contribution in [0.15, 0.2) is 48.7 Å². The fraction of sp³-hybridized carbons (Fsp3) is 0. The first-order valence-electron chi connectivity index (χ1n) is 4.87. The van der Waals surface area contributed by atoms with Crippen LogP contribution in [0.25, 0.3) is 21.7 Å². The van der Waals surface area contributed by atoms with Gasteiger partial charge in [-0.15, -0.1) is 0 Å². The van der Waals surface area contributed by atoms with Gasteiger partial charge in [-0.1, -0.05) is 24.3 Å². The van der Waals surface area contributed by atoms with Gasteiger partial charge in [0.1, 0.15) is 0 Å². The fourth-order valence-electron chi connectivity index (χ4n) is 1.88. The molecule has 2 nitrogen and oxygen atoms in total. The highest BCUT2D eigenvalue weighted by Crippen LogP contribution is 2.24. The second-order valence-electron chi connectivity index (χ2n) is 3.62. The molecule has 0 unspecified atom stereocenters. The predicted molar refractivity (Wildman–Crippen MR) is 63.7 cm³/mol. The van der Waals surface area contributed by atoms with E-state index in [4.69, 9.17) is 5.73 Å². The van der Waals surface area contributed by atoms with Crippen LogP contribution in [0.3, 0.4) is 0 Å². The molecule has 0 saturated carbocycles. The number of fused-ring (bicyclic) bond motifs is 3. The highest BCUT2D eigenvalue weighted by atomic mass is 14.6. The first kappa shape index (κ1) is 8.24. The maximum atomic E-state index is 5.79. The van der Waals surface area contributed by atoms with Crippen molar-refractivity contribution in [2.24, 2.45) is 0 Å². The summed E-state index contributed by atoms with van der Waals surface area (Å²) in [5.41, 5.74) is 7.58. The molecule has 72 valence electrons. The standard InChI is InChI=1S/C13H10N2/c14-11-6-5-9-3-4-10-2-1-7-15-13(10)12(9)8-11/h1-8H,14H2. The Morgan fingerprint density at radius 3 is 2.67 bits per heavy atom. The van der Waals surface area contributed by atoms with Crippen molar-refractivity contribution in [3.05, 3.63) is 48.7 Å².